The van der Waals surface area contributed by atoms with E-state index in [1.54, 1.807) is 4.88 Å². The van der Waals surface area contributed by atoms with Crippen LogP contribution in [-0.4, -0.2) is 11.6 Å². The van der Waals surface area contributed by atoms with Crippen LogP contribution in [0.5, 0.6) is 0 Å². The summed E-state index contributed by atoms with van der Waals surface area (Å²) in [6, 6.07) is 4.85. The van der Waals surface area contributed by atoms with Gasteiger partial charge in [-0.15, -0.1) is 11.3 Å². The molecular weight excluding hydrogens is 737 g/mol. The summed E-state index contributed by atoms with van der Waals surface area (Å²) in [4.78, 5) is 33.8. The van der Waals surface area contributed by atoms with E-state index in [0.29, 0.717) is 64.3 Å². The highest BCUT2D eigenvalue weighted by Crippen LogP contribution is 2.73. The second kappa shape index (κ2) is 20.7. The molecule has 0 saturated heterocycles. The van der Waals surface area contributed by atoms with E-state index >= 15 is 9.59 Å². The van der Waals surface area contributed by atoms with Crippen molar-refractivity contribution >= 4 is 22.9 Å². The summed E-state index contributed by atoms with van der Waals surface area (Å²) in [5.74, 6) is 7.42. The van der Waals surface area contributed by atoms with Crippen LogP contribution in [0, 0.1) is 76.4 Å². The molecule has 1 aromatic rings. The first-order valence-corrected chi connectivity index (χ1v) is 27.5. The van der Waals surface area contributed by atoms with Crippen LogP contribution < -0.4 is 0 Å². The van der Waals surface area contributed by atoms with E-state index in [-0.39, 0.29) is 23.2 Å². The smallest absolute Gasteiger partial charge is 0.139 e. The number of fused-ring (bicyclic) bond motifs is 7. The molecule has 6 fully saturated rings. The first kappa shape index (κ1) is 46.0. The molecule has 1 heterocycles. The molecule has 59 heavy (non-hydrogen) atoms. The lowest BCUT2D eigenvalue weighted by molar-refractivity contribution is -0.136. The second-order valence-electron chi connectivity index (χ2n) is 23.3. The van der Waals surface area contributed by atoms with Gasteiger partial charge in [0.25, 0.3) is 0 Å². The number of carbonyl (C=O) groups excluding carboxylic acids is 2. The Hall–Kier alpha value is -0.960. The summed E-state index contributed by atoms with van der Waals surface area (Å²) in [6.07, 6.45) is 36.9. The van der Waals surface area contributed by atoms with Crippen LogP contribution in [0.3, 0.4) is 0 Å². The SMILES string of the molecule is CCCCCCCCCCCCC1C2C(=O)C3CC4C(CC3C2C(CCCCCCCCCCCC)C2C(=O)C3CC(c5ccc(C(C)(C)CC)s5)CCC3C12)C4(C)C. The minimum absolute atomic E-state index is 0.221. The Kier molecular flexibility index (Phi) is 16.1. The largest absolute Gasteiger partial charge is 0.299 e. The Labute approximate surface area is 368 Å². The maximum absolute atomic E-state index is 15.5. The minimum atomic E-state index is 0.221. The lowest BCUT2D eigenvalue weighted by Gasteiger charge is -2.50. The summed E-state index contributed by atoms with van der Waals surface area (Å²) >= 11 is 2.05. The fraction of sp³-hybridized carbons (Fsp3) is 0.893. The Morgan fingerprint density at radius 3 is 1.54 bits per heavy atom. The van der Waals surface area contributed by atoms with Crippen LogP contribution >= 0.6 is 11.3 Å². The molecule has 0 N–H and O–H groups in total. The highest BCUT2D eigenvalue weighted by molar-refractivity contribution is 7.12. The summed E-state index contributed by atoms with van der Waals surface area (Å²) in [5.41, 5.74) is 0.638. The molecule has 3 heteroatoms. The van der Waals surface area contributed by atoms with E-state index in [1.165, 1.54) is 172 Å². The zero-order valence-corrected chi connectivity index (χ0v) is 40.5. The molecule has 7 rings (SSSR count). The predicted molar refractivity (Wildman–Crippen MR) is 252 cm³/mol. The van der Waals surface area contributed by atoms with E-state index < -0.39 is 0 Å². The van der Waals surface area contributed by atoms with E-state index in [4.69, 9.17) is 0 Å². The highest BCUT2D eigenvalue weighted by Gasteiger charge is 2.71. The zero-order valence-electron chi connectivity index (χ0n) is 39.7. The Morgan fingerprint density at radius 2 is 1.03 bits per heavy atom. The number of hydrogen-bond donors (Lipinski definition) is 0. The lowest BCUT2D eigenvalue weighted by atomic mass is 9.53. The second-order valence-corrected chi connectivity index (χ2v) is 24.4. The van der Waals surface area contributed by atoms with Crippen LogP contribution in [0.2, 0.25) is 0 Å². The molecule has 0 spiro atoms. The molecule has 0 bridgehead atoms. The predicted octanol–water partition coefficient (Wildman–Crippen LogP) is 16.7. The maximum atomic E-state index is 15.5. The average molecular weight is 829 g/mol. The van der Waals surface area contributed by atoms with E-state index in [0.717, 1.165) is 24.7 Å². The third kappa shape index (κ3) is 9.91. The van der Waals surface area contributed by atoms with Gasteiger partial charge in [-0.05, 0) is 128 Å². The zero-order chi connectivity index (χ0) is 41.7. The molecule has 6 aliphatic rings. The van der Waals surface area contributed by atoms with Gasteiger partial charge in [0.1, 0.15) is 11.6 Å². The molecule has 334 valence electrons. The number of thiophene rings is 1. The standard InChI is InChI=1S/C56H92O2S/c1-8-11-13-15-17-19-21-23-25-27-29-40-49-39-32-31-38(47-33-34-48(59-47)55(4,5)10-3)35-43(39)53(57)51(49)41(30-28-26-24-22-20-18-16-14-12-9-2)50-42-36-45-46(56(45,6)7)37-44(42)54(58)52(40)50/h33-34,38-46,49-52H,8-32,35-37H2,1-7H3. The van der Waals surface area contributed by atoms with Crippen LogP contribution in [-0.2, 0) is 15.0 Å². The summed E-state index contributed by atoms with van der Waals surface area (Å²) < 4.78 is 0. The fourth-order valence-corrected chi connectivity index (χ4v) is 16.7. The van der Waals surface area contributed by atoms with E-state index in [2.05, 4.69) is 71.9 Å². The molecule has 0 radical (unpaired) electrons. The van der Waals surface area contributed by atoms with Crippen LogP contribution in [0.15, 0.2) is 12.1 Å². The topological polar surface area (TPSA) is 34.1 Å². The molecule has 0 aromatic carbocycles. The van der Waals surface area contributed by atoms with Gasteiger partial charge in [0.2, 0.25) is 0 Å². The number of ketones is 2. The van der Waals surface area contributed by atoms with E-state index in [9.17, 15) is 0 Å². The van der Waals surface area contributed by atoms with Crippen molar-refractivity contribution in [2.75, 3.05) is 0 Å². The van der Waals surface area contributed by atoms with Gasteiger partial charge in [-0.2, -0.15) is 0 Å². The van der Waals surface area contributed by atoms with Crippen LogP contribution in [0.4, 0.5) is 0 Å². The minimum Gasteiger partial charge on any atom is -0.299 e. The van der Waals surface area contributed by atoms with Crippen molar-refractivity contribution in [1.82, 2.24) is 0 Å². The Morgan fingerprint density at radius 1 is 0.576 bits per heavy atom. The van der Waals surface area contributed by atoms with Gasteiger partial charge in [0, 0.05) is 33.4 Å². The lowest BCUT2D eigenvalue weighted by Crippen LogP contribution is -2.49. The number of Topliss-reactive ketones (excluding diaryl/α,β-unsaturated/α-hetero) is 2. The van der Waals surface area contributed by atoms with Gasteiger partial charge in [-0.25, -0.2) is 0 Å². The van der Waals surface area contributed by atoms with Crippen molar-refractivity contribution in [1.29, 1.82) is 0 Å². The number of carbonyl (C=O) groups is 2. The molecule has 6 aliphatic carbocycles. The maximum Gasteiger partial charge on any atom is 0.139 e. The van der Waals surface area contributed by atoms with Crippen molar-refractivity contribution in [3.05, 3.63) is 21.9 Å². The van der Waals surface area contributed by atoms with Crippen molar-refractivity contribution in [3.63, 3.8) is 0 Å². The Bertz CT molecular complexity index is 1480. The van der Waals surface area contributed by atoms with Gasteiger partial charge < -0.3 is 0 Å². The van der Waals surface area contributed by atoms with Gasteiger partial charge in [-0.1, -0.05) is 177 Å². The Balaban J connectivity index is 1.09. The van der Waals surface area contributed by atoms with Crippen molar-refractivity contribution in [2.45, 2.75) is 240 Å². The molecular formula is C56H92O2S. The average Bonchev–Trinajstić information content (AvgIpc) is 3.64. The quantitative estimate of drug-likeness (QED) is 0.0920. The molecule has 0 amide bonds. The van der Waals surface area contributed by atoms with Gasteiger partial charge in [-0.3, -0.25) is 9.59 Å². The van der Waals surface area contributed by atoms with E-state index in [1.807, 2.05) is 0 Å². The monoisotopic (exact) mass is 829 g/mol. The summed E-state index contributed by atoms with van der Waals surface area (Å²) in [5, 5.41) is 0. The van der Waals surface area contributed by atoms with Gasteiger partial charge in [0.05, 0.1) is 0 Å². The number of rotatable bonds is 25. The third-order valence-corrected chi connectivity index (χ3v) is 20.8. The molecule has 6 saturated carbocycles. The van der Waals surface area contributed by atoms with Gasteiger partial charge in [0.15, 0.2) is 0 Å². The molecule has 2 nitrogen and oxygen atoms in total. The molecule has 1 aromatic heterocycles. The first-order valence-electron chi connectivity index (χ1n) is 26.7. The summed E-state index contributed by atoms with van der Waals surface area (Å²) in [6.45, 7) is 16.7. The third-order valence-electron chi connectivity index (χ3n) is 19.2. The molecule has 13 unspecified atom stereocenters. The van der Waals surface area contributed by atoms with Crippen molar-refractivity contribution in [2.24, 2.45) is 76.4 Å². The summed E-state index contributed by atoms with van der Waals surface area (Å²) in [7, 11) is 0. The first-order chi connectivity index (χ1) is 28.5. The number of hydrogen-bond acceptors (Lipinski definition) is 3. The van der Waals surface area contributed by atoms with Crippen LogP contribution in [0.1, 0.15) is 244 Å². The highest BCUT2D eigenvalue weighted by atomic mass is 32.1. The van der Waals surface area contributed by atoms with Crippen LogP contribution in [0.25, 0.3) is 0 Å². The number of unbranched alkanes of at least 4 members (excludes halogenated alkanes) is 18. The molecule has 0 aliphatic heterocycles. The normalized spacial score (nSPS) is 35.6. The van der Waals surface area contributed by atoms with Crippen molar-refractivity contribution < 1.29 is 9.59 Å². The van der Waals surface area contributed by atoms with Gasteiger partial charge >= 0.3 is 0 Å². The van der Waals surface area contributed by atoms with Crippen molar-refractivity contribution in [3.8, 4) is 0 Å². The fourth-order valence-electron chi connectivity index (χ4n) is 15.3. The molecule has 13 atom stereocenters.